The number of nitrogens with one attached hydrogen (secondary N) is 3. The molecular weight excluding hydrogens is 322 g/mol. The highest BCUT2D eigenvalue weighted by Crippen LogP contribution is 2.06. The maximum Gasteiger partial charge on any atom is 0.321 e. The molecular formula is C17H23N5O3. The Labute approximate surface area is 145 Å². The molecule has 0 saturated carbocycles. The summed E-state index contributed by atoms with van der Waals surface area (Å²) in [6.07, 6.45) is 0. The Hall–Kier alpha value is -2.74. The molecule has 134 valence electrons. The van der Waals surface area contributed by atoms with Crippen molar-refractivity contribution in [2.45, 2.75) is 32.9 Å². The van der Waals surface area contributed by atoms with Crippen LogP contribution in [0.15, 0.2) is 29.1 Å². The van der Waals surface area contributed by atoms with Gasteiger partial charge in [-0.1, -0.05) is 12.1 Å². The molecule has 0 spiro atoms. The number of nitrogens with zero attached hydrogens (tertiary/aromatic N) is 2. The highest BCUT2D eigenvalue weighted by atomic mass is 16.2. The number of aromatic nitrogens is 2. The van der Waals surface area contributed by atoms with Crippen molar-refractivity contribution in [2.75, 3.05) is 13.6 Å². The minimum Gasteiger partial charge on any atom is -0.333 e. The van der Waals surface area contributed by atoms with Gasteiger partial charge in [0, 0.05) is 5.54 Å². The molecule has 0 aliphatic carbocycles. The summed E-state index contributed by atoms with van der Waals surface area (Å²) in [4.78, 5) is 44.4. The summed E-state index contributed by atoms with van der Waals surface area (Å²) >= 11 is 0. The van der Waals surface area contributed by atoms with E-state index in [0.29, 0.717) is 16.7 Å². The van der Waals surface area contributed by atoms with Crippen LogP contribution in [-0.2, 0) is 11.3 Å². The molecule has 0 aliphatic heterocycles. The number of hydrogen-bond acceptors (Lipinski definition) is 5. The number of imide groups is 1. The zero-order chi connectivity index (χ0) is 18.6. The molecule has 2 aromatic rings. The fourth-order valence-corrected chi connectivity index (χ4v) is 2.30. The number of amides is 3. The fraction of sp³-hybridized carbons (Fsp3) is 0.412. The van der Waals surface area contributed by atoms with Gasteiger partial charge in [0.2, 0.25) is 5.91 Å². The van der Waals surface area contributed by atoms with Crippen LogP contribution in [0.2, 0.25) is 0 Å². The third kappa shape index (κ3) is 5.68. The van der Waals surface area contributed by atoms with Gasteiger partial charge in [-0.05, 0) is 40.0 Å². The van der Waals surface area contributed by atoms with Crippen molar-refractivity contribution in [3.63, 3.8) is 0 Å². The molecule has 0 fully saturated rings. The summed E-state index contributed by atoms with van der Waals surface area (Å²) in [6, 6.07) is 6.51. The van der Waals surface area contributed by atoms with Crippen LogP contribution in [0.5, 0.6) is 0 Å². The lowest BCUT2D eigenvalue weighted by Gasteiger charge is -2.21. The zero-order valence-corrected chi connectivity index (χ0v) is 14.8. The predicted molar refractivity (Wildman–Crippen MR) is 95.1 cm³/mol. The first-order valence-corrected chi connectivity index (χ1v) is 7.92. The van der Waals surface area contributed by atoms with Crippen LogP contribution in [0.3, 0.4) is 0 Å². The van der Waals surface area contributed by atoms with Crippen molar-refractivity contribution in [1.82, 2.24) is 25.5 Å². The van der Waals surface area contributed by atoms with E-state index in [1.165, 1.54) is 0 Å². The molecule has 1 heterocycles. The van der Waals surface area contributed by atoms with Gasteiger partial charge in [-0.2, -0.15) is 0 Å². The maximum absolute atomic E-state index is 12.0. The molecule has 0 aliphatic rings. The second-order valence-electron chi connectivity index (χ2n) is 6.95. The van der Waals surface area contributed by atoms with Crippen LogP contribution in [0.4, 0.5) is 4.79 Å². The Balaban J connectivity index is 1.96. The van der Waals surface area contributed by atoms with E-state index in [2.05, 4.69) is 20.6 Å². The van der Waals surface area contributed by atoms with E-state index in [9.17, 15) is 14.4 Å². The first-order valence-electron chi connectivity index (χ1n) is 7.92. The van der Waals surface area contributed by atoms with E-state index in [4.69, 9.17) is 0 Å². The van der Waals surface area contributed by atoms with Gasteiger partial charge in [0.15, 0.2) is 0 Å². The number of rotatable bonds is 4. The second-order valence-corrected chi connectivity index (χ2v) is 6.95. The molecule has 8 heteroatoms. The molecule has 3 N–H and O–H groups in total. The number of urea groups is 1. The average molecular weight is 345 g/mol. The predicted octanol–water partition coefficient (Wildman–Crippen LogP) is 0.979. The molecule has 0 atom stereocenters. The highest BCUT2D eigenvalue weighted by Gasteiger charge is 2.17. The number of fused-ring (bicyclic) bond motifs is 1. The quantitative estimate of drug-likeness (QED) is 0.766. The summed E-state index contributed by atoms with van der Waals surface area (Å²) in [6.45, 7) is 5.74. The number of benzene rings is 1. The van der Waals surface area contributed by atoms with Crippen molar-refractivity contribution in [3.05, 3.63) is 40.4 Å². The highest BCUT2D eigenvalue weighted by molar-refractivity contribution is 5.95. The lowest BCUT2D eigenvalue weighted by molar-refractivity contribution is -0.121. The minimum atomic E-state index is -0.539. The second kappa shape index (κ2) is 7.43. The summed E-state index contributed by atoms with van der Waals surface area (Å²) in [7, 11) is 1.70. The summed E-state index contributed by atoms with van der Waals surface area (Å²) < 4.78 is 0. The SMILES string of the molecule is CN(CC(=O)NC(=O)NC(C)(C)C)Cc1nc2ccccc2c(=O)[nH]1. The Bertz CT molecular complexity index is 838. The lowest BCUT2D eigenvalue weighted by Crippen LogP contribution is -2.50. The number of H-pyrrole nitrogens is 1. The van der Waals surface area contributed by atoms with Gasteiger partial charge in [-0.3, -0.25) is 19.8 Å². The van der Waals surface area contributed by atoms with Gasteiger partial charge >= 0.3 is 6.03 Å². The van der Waals surface area contributed by atoms with Crippen LogP contribution in [-0.4, -0.2) is 45.9 Å². The van der Waals surface area contributed by atoms with Crippen LogP contribution < -0.4 is 16.2 Å². The number of carbonyl (C=O) groups is 2. The van der Waals surface area contributed by atoms with Crippen LogP contribution in [0.25, 0.3) is 10.9 Å². The normalized spacial score (nSPS) is 11.6. The minimum absolute atomic E-state index is 0.00585. The van der Waals surface area contributed by atoms with Crippen molar-refractivity contribution >= 4 is 22.8 Å². The van der Waals surface area contributed by atoms with E-state index in [0.717, 1.165) is 0 Å². The van der Waals surface area contributed by atoms with Gasteiger partial charge in [0.1, 0.15) is 5.82 Å². The van der Waals surface area contributed by atoms with Crippen LogP contribution >= 0.6 is 0 Å². The Morgan fingerprint density at radius 3 is 2.60 bits per heavy atom. The van der Waals surface area contributed by atoms with Crippen LogP contribution in [0, 0.1) is 0 Å². The summed E-state index contributed by atoms with van der Waals surface area (Å²) in [5, 5.41) is 5.44. The molecule has 0 unspecified atom stereocenters. The van der Waals surface area contributed by atoms with E-state index in [-0.39, 0.29) is 18.6 Å². The van der Waals surface area contributed by atoms with E-state index in [1.807, 2.05) is 26.8 Å². The van der Waals surface area contributed by atoms with Gasteiger partial charge < -0.3 is 10.3 Å². The molecule has 0 saturated heterocycles. The molecule has 25 heavy (non-hydrogen) atoms. The average Bonchev–Trinajstić information content (AvgIpc) is 2.44. The maximum atomic E-state index is 12.0. The number of carbonyl (C=O) groups excluding carboxylic acids is 2. The zero-order valence-electron chi connectivity index (χ0n) is 14.8. The smallest absolute Gasteiger partial charge is 0.321 e. The third-order valence-corrected chi connectivity index (χ3v) is 3.24. The molecule has 8 nitrogen and oxygen atoms in total. The summed E-state index contributed by atoms with van der Waals surface area (Å²) in [5.74, 6) is 0.0190. The molecule has 3 amide bonds. The molecule has 1 aromatic carbocycles. The number of likely N-dealkylation sites (N-methyl/N-ethyl adjacent to an activating group) is 1. The van der Waals surface area contributed by atoms with Gasteiger partial charge in [-0.25, -0.2) is 9.78 Å². The molecule has 1 aromatic heterocycles. The summed E-state index contributed by atoms with van der Waals surface area (Å²) in [5.41, 5.74) is -0.0447. The van der Waals surface area contributed by atoms with E-state index >= 15 is 0 Å². The number of para-hydroxylation sites is 1. The Morgan fingerprint density at radius 1 is 1.24 bits per heavy atom. The van der Waals surface area contributed by atoms with Gasteiger partial charge in [0.25, 0.3) is 5.56 Å². The molecule has 0 radical (unpaired) electrons. The third-order valence-electron chi connectivity index (χ3n) is 3.24. The van der Waals surface area contributed by atoms with Crippen molar-refractivity contribution in [3.8, 4) is 0 Å². The number of aromatic amines is 1. The standard InChI is InChI=1S/C17H23N5O3/c1-17(2,3)21-16(25)20-14(23)10-22(4)9-13-18-12-8-6-5-7-11(12)15(24)19-13/h5-8H,9-10H2,1-4H3,(H,18,19,24)(H2,20,21,23,25). The van der Waals surface area contributed by atoms with Crippen molar-refractivity contribution in [2.24, 2.45) is 0 Å². The van der Waals surface area contributed by atoms with Crippen molar-refractivity contribution < 1.29 is 9.59 Å². The van der Waals surface area contributed by atoms with E-state index in [1.54, 1.807) is 30.1 Å². The van der Waals surface area contributed by atoms with E-state index < -0.39 is 17.5 Å². The lowest BCUT2D eigenvalue weighted by atomic mass is 10.1. The monoisotopic (exact) mass is 345 g/mol. The Kier molecular flexibility index (Phi) is 5.53. The van der Waals surface area contributed by atoms with Crippen molar-refractivity contribution in [1.29, 1.82) is 0 Å². The van der Waals surface area contributed by atoms with Gasteiger partial charge in [0.05, 0.1) is 24.0 Å². The fourth-order valence-electron chi connectivity index (χ4n) is 2.30. The first-order chi connectivity index (χ1) is 11.6. The molecule has 0 bridgehead atoms. The number of hydrogen-bond donors (Lipinski definition) is 3. The largest absolute Gasteiger partial charge is 0.333 e. The first kappa shape index (κ1) is 18.6. The topological polar surface area (TPSA) is 107 Å². The molecule has 2 rings (SSSR count). The Morgan fingerprint density at radius 2 is 1.92 bits per heavy atom. The van der Waals surface area contributed by atoms with Crippen LogP contribution in [0.1, 0.15) is 26.6 Å². The van der Waals surface area contributed by atoms with Gasteiger partial charge in [-0.15, -0.1) is 0 Å².